The highest BCUT2D eigenvalue weighted by molar-refractivity contribution is 5.86. The van der Waals surface area contributed by atoms with E-state index in [1.165, 1.54) is 6.21 Å². The van der Waals surface area contributed by atoms with Crippen molar-refractivity contribution in [1.29, 1.82) is 0 Å². The van der Waals surface area contributed by atoms with Gasteiger partial charge in [0.2, 0.25) is 5.91 Å². The van der Waals surface area contributed by atoms with E-state index in [0.29, 0.717) is 17.1 Å². The fourth-order valence-electron chi connectivity index (χ4n) is 2.60. The first kappa shape index (κ1) is 21.7. The van der Waals surface area contributed by atoms with Crippen LogP contribution in [0.3, 0.4) is 0 Å². The third-order valence-electron chi connectivity index (χ3n) is 3.99. The molecule has 154 valence electrons. The highest BCUT2D eigenvalue weighted by atomic mass is 16.5. The molecule has 1 atom stereocenters. The molecule has 2 aromatic carbocycles. The maximum absolute atomic E-state index is 12.4. The number of nitrogens with zero attached hydrogens (tertiary/aromatic N) is 1. The molecule has 0 saturated heterocycles. The number of hydrogen-bond acceptors (Lipinski definition) is 6. The van der Waals surface area contributed by atoms with Crippen LogP contribution in [0.1, 0.15) is 30.5 Å². The van der Waals surface area contributed by atoms with Crippen molar-refractivity contribution in [3.63, 3.8) is 0 Å². The van der Waals surface area contributed by atoms with E-state index in [4.69, 9.17) is 14.2 Å². The highest BCUT2D eigenvalue weighted by Gasteiger charge is 2.18. The first-order valence-corrected chi connectivity index (χ1v) is 9.09. The Labute approximate surface area is 169 Å². The first-order valence-electron chi connectivity index (χ1n) is 9.09. The molecule has 2 amide bonds. The first-order chi connectivity index (χ1) is 14.1. The van der Waals surface area contributed by atoms with Crippen molar-refractivity contribution in [3.05, 3.63) is 59.7 Å². The van der Waals surface area contributed by atoms with Crippen molar-refractivity contribution in [2.75, 3.05) is 20.8 Å². The van der Waals surface area contributed by atoms with Crippen LogP contribution in [0.2, 0.25) is 0 Å². The zero-order valence-electron chi connectivity index (χ0n) is 16.7. The molecular formula is C21H25N3O5. The summed E-state index contributed by atoms with van der Waals surface area (Å²) in [5.74, 6) is 0.866. The van der Waals surface area contributed by atoms with Crippen LogP contribution >= 0.6 is 0 Å². The number of hydrazone groups is 1. The van der Waals surface area contributed by atoms with Gasteiger partial charge in [-0.3, -0.25) is 4.79 Å². The van der Waals surface area contributed by atoms with E-state index < -0.39 is 12.1 Å². The molecule has 0 bridgehead atoms. The van der Waals surface area contributed by atoms with Gasteiger partial charge in [0, 0.05) is 5.56 Å². The Morgan fingerprint density at radius 2 is 1.86 bits per heavy atom. The molecule has 2 rings (SSSR count). The van der Waals surface area contributed by atoms with Gasteiger partial charge in [0.1, 0.15) is 11.5 Å². The molecule has 2 aromatic rings. The van der Waals surface area contributed by atoms with Crippen LogP contribution < -0.4 is 20.2 Å². The fourth-order valence-corrected chi connectivity index (χ4v) is 2.60. The van der Waals surface area contributed by atoms with Crippen LogP contribution in [0.4, 0.5) is 4.79 Å². The van der Waals surface area contributed by atoms with Crippen molar-refractivity contribution in [1.82, 2.24) is 10.7 Å². The molecule has 8 heteroatoms. The zero-order valence-corrected chi connectivity index (χ0v) is 16.7. The summed E-state index contributed by atoms with van der Waals surface area (Å²) in [5, 5.41) is 6.68. The van der Waals surface area contributed by atoms with Crippen LogP contribution in [-0.4, -0.2) is 39.0 Å². The minimum absolute atomic E-state index is 0.00455. The topological polar surface area (TPSA) is 98.2 Å². The second-order valence-corrected chi connectivity index (χ2v) is 5.93. The van der Waals surface area contributed by atoms with Crippen LogP contribution in [0.15, 0.2) is 53.6 Å². The number of ether oxygens (including phenoxy) is 3. The Kier molecular flexibility index (Phi) is 8.50. The van der Waals surface area contributed by atoms with Gasteiger partial charge in [-0.25, -0.2) is 10.2 Å². The number of nitrogens with one attached hydrogen (secondary N) is 2. The molecule has 0 aliphatic heterocycles. The lowest BCUT2D eigenvalue weighted by atomic mass is 10.0. The van der Waals surface area contributed by atoms with E-state index in [1.54, 1.807) is 39.3 Å². The molecular weight excluding hydrogens is 374 g/mol. The van der Waals surface area contributed by atoms with Gasteiger partial charge in [0.25, 0.3) is 0 Å². The Balaban J connectivity index is 2.04. The van der Waals surface area contributed by atoms with E-state index >= 15 is 0 Å². The average Bonchev–Trinajstić information content (AvgIpc) is 2.74. The Morgan fingerprint density at radius 1 is 1.10 bits per heavy atom. The van der Waals surface area contributed by atoms with Crippen molar-refractivity contribution >= 4 is 18.2 Å². The quantitative estimate of drug-likeness (QED) is 0.499. The van der Waals surface area contributed by atoms with E-state index in [1.807, 2.05) is 30.3 Å². The third kappa shape index (κ3) is 6.84. The summed E-state index contributed by atoms with van der Waals surface area (Å²) >= 11 is 0. The Hall–Kier alpha value is -3.55. The van der Waals surface area contributed by atoms with Crippen molar-refractivity contribution < 1.29 is 23.8 Å². The second kappa shape index (κ2) is 11.3. The van der Waals surface area contributed by atoms with Gasteiger partial charge in [-0.2, -0.15) is 5.10 Å². The van der Waals surface area contributed by atoms with Crippen molar-refractivity contribution in [3.8, 4) is 11.5 Å². The molecule has 0 aliphatic rings. The number of alkyl carbamates (subject to hydrolysis) is 1. The lowest BCUT2D eigenvalue weighted by molar-refractivity contribution is -0.121. The van der Waals surface area contributed by atoms with Gasteiger partial charge in [-0.15, -0.1) is 0 Å². The maximum atomic E-state index is 12.4. The summed E-state index contributed by atoms with van der Waals surface area (Å²) in [5.41, 5.74) is 3.90. The van der Waals surface area contributed by atoms with E-state index in [9.17, 15) is 9.59 Å². The minimum Gasteiger partial charge on any atom is -0.497 e. The fraction of sp³-hybridized carbons (Fsp3) is 0.286. The van der Waals surface area contributed by atoms with Crippen LogP contribution in [0, 0.1) is 0 Å². The summed E-state index contributed by atoms with van der Waals surface area (Å²) in [6, 6.07) is 13.9. The average molecular weight is 399 g/mol. The molecule has 0 aliphatic carbocycles. The van der Waals surface area contributed by atoms with Gasteiger partial charge in [0.15, 0.2) is 0 Å². The summed E-state index contributed by atoms with van der Waals surface area (Å²) in [6.45, 7) is 1.96. The largest absolute Gasteiger partial charge is 0.497 e. The predicted molar refractivity (Wildman–Crippen MR) is 109 cm³/mol. The number of rotatable bonds is 9. The van der Waals surface area contributed by atoms with Crippen LogP contribution in [-0.2, 0) is 9.53 Å². The Morgan fingerprint density at radius 3 is 2.52 bits per heavy atom. The molecule has 0 saturated carbocycles. The smallest absolute Gasteiger partial charge is 0.407 e. The van der Waals surface area contributed by atoms with Gasteiger partial charge in [0.05, 0.1) is 39.5 Å². The number of amides is 2. The van der Waals surface area contributed by atoms with Crippen molar-refractivity contribution in [2.24, 2.45) is 5.10 Å². The van der Waals surface area contributed by atoms with Gasteiger partial charge < -0.3 is 19.5 Å². The molecule has 0 heterocycles. The van der Waals surface area contributed by atoms with Gasteiger partial charge >= 0.3 is 6.09 Å². The molecule has 0 spiro atoms. The molecule has 0 radical (unpaired) electrons. The second-order valence-electron chi connectivity index (χ2n) is 5.93. The van der Waals surface area contributed by atoms with E-state index in [0.717, 1.165) is 5.56 Å². The van der Waals surface area contributed by atoms with E-state index in [-0.39, 0.29) is 18.9 Å². The van der Waals surface area contributed by atoms with Crippen LogP contribution in [0.5, 0.6) is 11.5 Å². The van der Waals surface area contributed by atoms with E-state index in [2.05, 4.69) is 15.8 Å². The third-order valence-corrected chi connectivity index (χ3v) is 3.99. The normalized spacial score (nSPS) is 11.6. The summed E-state index contributed by atoms with van der Waals surface area (Å²) in [4.78, 5) is 24.2. The number of carbonyl (C=O) groups is 2. The number of carbonyl (C=O) groups excluding carboxylic acids is 2. The van der Waals surface area contributed by atoms with Crippen molar-refractivity contribution in [2.45, 2.75) is 19.4 Å². The molecule has 2 N–H and O–H groups in total. The summed E-state index contributed by atoms with van der Waals surface area (Å²) in [6.07, 6.45) is 0.879. The SMILES string of the molecule is CCOC(=O)N[C@H](CC(=O)N/N=C\c1cc(OC)ccc1OC)c1ccccc1. The number of methoxy groups -OCH3 is 2. The van der Waals surface area contributed by atoms with Gasteiger partial charge in [-0.05, 0) is 30.7 Å². The Bertz CT molecular complexity index is 839. The number of benzene rings is 2. The lowest BCUT2D eigenvalue weighted by Crippen LogP contribution is -2.33. The monoisotopic (exact) mass is 399 g/mol. The highest BCUT2D eigenvalue weighted by Crippen LogP contribution is 2.22. The minimum atomic E-state index is -0.584. The molecule has 0 unspecified atom stereocenters. The lowest BCUT2D eigenvalue weighted by Gasteiger charge is -2.18. The number of hydrogen-bond donors (Lipinski definition) is 2. The van der Waals surface area contributed by atoms with Crippen LogP contribution in [0.25, 0.3) is 0 Å². The standard InChI is InChI=1S/C21H25N3O5/c1-4-29-21(26)23-18(15-8-6-5-7-9-15)13-20(25)24-22-14-16-12-17(27-2)10-11-19(16)28-3/h5-12,14,18H,4,13H2,1-3H3,(H,23,26)(H,24,25)/b22-14-/t18-/m1/s1. The van der Waals surface area contributed by atoms with Gasteiger partial charge in [-0.1, -0.05) is 30.3 Å². The zero-order chi connectivity index (χ0) is 21.1. The summed E-state index contributed by atoms with van der Waals surface area (Å²) < 4.78 is 15.4. The molecule has 0 aromatic heterocycles. The predicted octanol–water partition coefficient (Wildman–Crippen LogP) is 3.03. The molecule has 0 fully saturated rings. The summed E-state index contributed by atoms with van der Waals surface area (Å²) in [7, 11) is 3.11. The molecule has 8 nitrogen and oxygen atoms in total. The maximum Gasteiger partial charge on any atom is 0.407 e. The molecule has 29 heavy (non-hydrogen) atoms.